The molecule has 0 aliphatic heterocycles. The smallest absolute Gasteiger partial charge is 0.194 e. The molecule has 7 rings (SSSR count). The van der Waals surface area contributed by atoms with Crippen LogP contribution in [0, 0.1) is 76.5 Å². The first kappa shape index (κ1) is 84.5. The lowest BCUT2D eigenvalue weighted by molar-refractivity contribution is -0.445. The SMILES string of the molecule is C.C.C.C.C.CCc1cc(CC)cc(OC)c1.COc1cc(C)cc(C)c1.COc1cc(CBr)cc(CBr)c1.C[N+](=O)[O-].[C-]#[N+]c1ccccc1[N+]#[C-].[C-]#[N+]c1ccccc1[N+]#[C-].[C-]#[N+]c1ccccc1[N+]#[C-].[C-]#[N+]c1ccccc1[N+]#[C-]. The predicted molar refractivity (Wildman–Crippen MR) is 355 cm³/mol. The summed E-state index contributed by atoms with van der Waals surface area (Å²) in [6.45, 7) is 61.8. The highest BCUT2D eigenvalue weighted by Crippen LogP contribution is 2.29. The molecule has 0 saturated carbocycles. The van der Waals surface area contributed by atoms with Crippen molar-refractivity contribution in [1.82, 2.24) is 0 Å². The number of benzene rings is 7. The van der Waals surface area contributed by atoms with Gasteiger partial charge in [-0.3, -0.25) is 48.9 Å². The second-order valence-corrected chi connectivity index (χ2v) is 16.3. The van der Waals surface area contributed by atoms with E-state index >= 15 is 0 Å². The molecular weight excluding hydrogens is 1170 g/mol. The van der Waals surface area contributed by atoms with E-state index in [0.29, 0.717) is 45.5 Å². The second-order valence-electron chi connectivity index (χ2n) is 15.2. The molecule has 0 atom stereocenters. The van der Waals surface area contributed by atoms with Crippen LogP contribution in [-0.2, 0) is 23.5 Å². The monoisotopic (exact) mass is 1250 g/mol. The van der Waals surface area contributed by atoms with Gasteiger partial charge in [-0.05, 0) is 96.5 Å². The molecule has 0 amide bonds. The van der Waals surface area contributed by atoms with Crippen LogP contribution >= 0.6 is 31.9 Å². The van der Waals surface area contributed by atoms with Crippen LogP contribution in [0.2, 0.25) is 0 Å². The molecule has 0 aliphatic rings. The number of ether oxygens (including phenoxy) is 3. The number of hydrogen-bond donors (Lipinski definition) is 0. The first-order valence-electron chi connectivity index (χ1n) is 23.1. The van der Waals surface area contributed by atoms with Crippen LogP contribution in [0.15, 0.2) is 152 Å². The summed E-state index contributed by atoms with van der Waals surface area (Å²) in [4.78, 5) is 33.7. The van der Waals surface area contributed by atoms with Gasteiger partial charge in [0.1, 0.15) is 17.2 Å². The van der Waals surface area contributed by atoms with Crippen molar-refractivity contribution in [2.75, 3.05) is 28.4 Å². The third-order valence-corrected chi connectivity index (χ3v) is 10.9. The van der Waals surface area contributed by atoms with Crippen molar-refractivity contribution in [3.05, 3.63) is 286 Å². The van der Waals surface area contributed by atoms with E-state index in [-0.39, 0.29) is 37.1 Å². The molecule has 0 N–H and O–H groups in total. The van der Waals surface area contributed by atoms with E-state index < -0.39 is 4.92 Å². The van der Waals surface area contributed by atoms with Gasteiger partial charge in [-0.2, -0.15) is 0 Å². The summed E-state index contributed by atoms with van der Waals surface area (Å²) in [5.41, 5.74) is 11.1. The molecule has 0 radical (unpaired) electrons. The molecule has 0 bridgehead atoms. The Hall–Kier alpha value is -9.78. The number of rotatable bonds is 7. The van der Waals surface area contributed by atoms with Gasteiger partial charge in [0.25, 0.3) is 0 Å². The highest BCUT2D eigenvalue weighted by atomic mass is 79.9. The minimum Gasteiger partial charge on any atom is -0.497 e. The molecule has 0 fully saturated rings. The first-order valence-corrected chi connectivity index (χ1v) is 25.3. The van der Waals surface area contributed by atoms with E-state index in [4.69, 9.17) is 76.9 Å². The van der Waals surface area contributed by atoms with Crippen molar-refractivity contribution in [2.45, 2.75) is 88.3 Å². The maximum atomic E-state index is 8.81. The van der Waals surface area contributed by atoms with E-state index in [0.717, 1.165) is 47.8 Å². The average Bonchev–Trinajstić information content (AvgIpc) is 3.48. The number of nitro groups is 1. The topological polar surface area (TPSA) is 106 Å². The number of methoxy groups -OCH3 is 3. The lowest BCUT2D eigenvalue weighted by atomic mass is 10.1. The maximum absolute atomic E-state index is 8.81. The van der Waals surface area contributed by atoms with Gasteiger partial charge in [0.05, 0.1) is 73.9 Å². The van der Waals surface area contributed by atoms with Crippen LogP contribution in [0.4, 0.5) is 45.5 Å². The second kappa shape index (κ2) is 51.6. The number of alkyl halides is 2. The third-order valence-electron chi connectivity index (χ3n) is 9.57. The summed E-state index contributed by atoms with van der Waals surface area (Å²) in [6, 6.07) is 45.9. The van der Waals surface area contributed by atoms with Gasteiger partial charge in [-0.25, -0.2) is 0 Å². The fourth-order valence-electron chi connectivity index (χ4n) is 5.92. The summed E-state index contributed by atoms with van der Waals surface area (Å²) < 4.78 is 15.4. The van der Waals surface area contributed by atoms with Crippen LogP contribution in [-0.4, -0.2) is 33.3 Å². The van der Waals surface area contributed by atoms with E-state index in [1.807, 2.05) is 24.3 Å². The largest absolute Gasteiger partial charge is 0.497 e. The molecule has 0 unspecified atom stereocenters. The number of hydrogen-bond acceptors (Lipinski definition) is 5. The number of para-hydroxylation sites is 8. The molecule has 434 valence electrons. The standard InChI is InChI=1S/C11H16O.C9H10Br2O.C9H12O.4C8H4N2.CH3NO2.5CH4/c1-4-9-6-10(5-2)8-11(7-9)12-3;1-12-9-3-7(5-10)2-8(4-9)6-11;1-7-4-8(2)6-9(5-7)10-3;4*1-9-7-5-3-4-6-8(7)10-2;1-2(3)4;;;;;/h6-8H,4-5H2,1-3H3;2-4H,5-6H2,1H3;4-6H,1-3H3;4*3-6H;1H3;5*1H4. The third kappa shape index (κ3) is 35.5. The molecule has 0 spiro atoms. The minimum atomic E-state index is -0.500. The number of halogens is 2. The van der Waals surface area contributed by atoms with Crippen molar-refractivity contribution < 1.29 is 19.1 Å². The fourth-order valence-corrected chi connectivity index (χ4v) is 6.57. The number of aryl methyl sites for hydroxylation is 4. The van der Waals surface area contributed by atoms with Crippen LogP contribution in [0.25, 0.3) is 38.8 Å². The molecule has 0 saturated heterocycles. The average molecular weight is 1250 g/mol. The van der Waals surface area contributed by atoms with Crippen LogP contribution in [0.5, 0.6) is 17.2 Å². The Labute approximate surface area is 514 Å². The van der Waals surface area contributed by atoms with Gasteiger partial charge in [0.2, 0.25) is 0 Å². The Kier molecular flexibility index (Phi) is 52.6. The zero-order chi connectivity index (χ0) is 58.7. The van der Waals surface area contributed by atoms with Crippen molar-refractivity contribution in [1.29, 1.82) is 0 Å². The van der Waals surface area contributed by atoms with Gasteiger partial charge >= 0.3 is 0 Å². The zero-order valence-electron chi connectivity index (χ0n) is 44.6. The van der Waals surface area contributed by atoms with E-state index in [9.17, 15) is 0 Å². The van der Waals surface area contributed by atoms with Gasteiger partial charge in [-0.15, -0.1) is 0 Å². The first-order chi connectivity index (χ1) is 37.6. The van der Waals surface area contributed by atoms with Crippen molar-refractivity contribution >= 4 is 77.4 Å². The lowest BCUT2D eigenvalue weighted by Crippen LogP contribution is -1.89. The summed E-state index contributed by atoms with van der Waals surface area (Å²) in [5.74, 6) is 2.84. The van der Waals surface area contributed by atoms with Gasteiger partial charge in [0, 0.05) is 15.6 Å². The highest BCUT2D eigenvalue weighted by molar-refractivity contribution is 9.08. The van der Waals surface area contributed by atoms with E-state index in [2.05, 4.69) is 129 Å². The van der Waals surface area contributed by atoms with Crippen LogP contribution < -0.4 is 14.2 Å². The summed E-state index contributed by atoms with van der Waals surface area (Å²) in [7, 11) is 5.98. The Morgan fingerprint density at radius 3 is 0.735 bits per heavy atom. The molecule has 16 heteroatoms. The molecular formula is C67H77Br2N9O5. The molecule has 0 heterocycles. The molecule has 0 aromatic heterocycles. The number of nitrogens with zero attached hydrogens (tertiary/aromatic N) is 9. The Morgan fingerprint density at radius 2 is 0.566 bits per heavy atom. The highest BCUT2D eigenvalue weighted by Gasteiger charge is 2.02. The summed E-state index contributed by atoms with van der Waals surface area (Å²) in [6.07, 6.45) is 2.15. The fraction of sp³-hybridized carbons (Fsp3) is 0.254. The van der Waals surface area contributed by atoms with Crippen LogP contribution in [0.3, 0.4) is 0 Å². The van der Waals surface area contributed by atoms with E-state index in [1.54, 1.807) is 118 Å². The van der Waals surface area contributed by atoms with Crippen LogP contribution in [0.1, 0.15) is 84.4 Å². The predicted octanol–water partition coefficient (Wildman–Crippen LogP) is 22.8. The molecule has 83 heavy (non-hydrogen) atoms. The van der Waals surface area contributed by atoms with Crippen molar-refractivity contribution in [3.63, 3.8) is 0 Å². The molecule has 7 aromatic rings. The lowest BCUT2D eigenvalue weighted by Gasteiger charge is -2.05. The van der Waals surface area contributed by atoms with Gasteiger partial charge in [0.15, 0.2) is 52.5 Å². The molecule has 7 aromatic carbocycles. The van der Waals surface area contributed by atoms with Crippen molar-refractivity contribution in [2.24, 2.45) is 0 Å². The Bertz CT molecular complexity index is 2760. The summed E-state index contributed by atoms with van der Waals surface area (Å²) in [5, 5.41) is 10.5. The Morgan fingerprint density at radius 1 is 0.386 bits per heavy atom. The van der Waals surface area contributed by atoms with Crippen molar-refractivity contribution in [3.8, 4) is 17.2 Å². The van der Waals surface area contributed by atoms with Gasteiger partial charge in [-0.1, -0.05) is 198 Å². The quantitative estimate of drug-likeness (QED) is 0.0684. The summed E-state index contributed by atoms with van der Waals surface area (Å²) >= 11 is 6.83. The zero-order valence-corrected chi connectivity index (χ0v) is 47.8. The Balaban J connectivity index is -0.000000204. The molecule has 14 nitrogen and oxygen atoms in total. The minimum absolute atomic E-state index is 0. The van der Waals surface area contributed by atoms with Gasteiger partial charge < -0.3 is 14.2 Å². The normalized spacial score (nSPS) is 8.07. The maximum Gasteiger partial charge on any atom is 0.194 e. The molecule has 0 aliphatic carbocycles. The van der Waals surface area contributed by atoms with E-state index in [1.165, 1.54) is 33.4 Å².